The van der Waals surface area contributed by atoms with Crippen LogP contribution in [-0.2, 0) is 11.2 Å². The number of rotatable bonds is 5. The largest absolute Gasteiger partial charge is 0.497 e. The average molecular weight is 430 g/mol. The fraction of sp³-hybridized carbons (Fsp3) is 0.250. The first-order valence-corrected chi connectivity index (χ1v) is 10.4. The summed E-state index contributed by atoms with van der Waals surface area (Å²) in [6.07, 6.45) is 0.731. The molecular weight excluding hydrogens is 410 g/mol. The van der Waals surface area contributed by atoms with Crippen molar-refractivity contribution in [1.29, 1.82) is 0 Å². The maximum absolute atomic E-state index is 13.2. The Balaban J connectivity index is 1.65. The van der Waals surface area contributed by atoms with Crippen molar-refractivity contribution in [3.63, 3.8) is 0 Å². The van der Waals surface area contributed by atoms with Crippen LogP contribution in [0.1, 0.15) is 24.4 Å². The maximum atomic E-state index is 13.2. The van der Waals surface area contributed by atoms with Crippen LogP contribution < -0.4 is 15.5 Å². The molecule has 0 radical (unpaired) electrons. The van der Waals surface area contributed by atoms with Crippen molar-refractivity contribution in [3.8, 4) is 5.75 Å². The lowest BCUT2D eigenvalue weighted by molar-refractivity contribution is -0.116. The lowest BCUT2D eigenvalue weighted by Gasteiger charge is -2.33. The van der Waals surface area contributed by atoms with Crippen LogP contribution in [0.3, 0.4) is 0 Å². The smallest absolute Gasteiger partial charge is 0.240 e. The minimum Gasteiger partial charge on any atom is -0.497 e. The van der Waals surface area contributed by atoms with E-state index in [9.17, 15) is 4.79 Å². The van der Waals surface area contributed by atoms with Crippen molar-refractivity contribution in [2.24, 2.45) is 0 Å². The molecule has 2 atom stereocenters. The van der Waals surface area contributed by atoms with E-state index in [1.165, 1.54) is 11.8 Å². The number of thioether (sulfide) groups is 1. The zero-order valence-electron chi connectivity index (χ0n) is 15.9. The molecule has 0 aliphatic carbocycles. The number of methoxy groups -OCH3 is 1. The summed E-state index contributed by atoms with van der Waals surface area (Å²) >= 11 is 7.44. The summed E-state index contributed by atoms with van der Waals surface area (Å²) in [5, 5.41) is 12.3. The van der Waals surface area contributed by atoms with Gasteiger partial charge in [0.15, 0.2) is 5.82 Å². The summed E-state index contributed by atoms with van der Waals surface area (Å²) in [4.78, 5) is 13.2. The zero-order valence-corrected chi connectivity index (χ0v) is 17.5. The van der Waals surface area contributed by atoms with Crippen LogP contribution in [0.4, 0.5) is 5.69 Å². The van der Waals surface area contributed by atoms with Crippen molar-refractivity contribution in [1.82, 2.24) is 14.9 Å². The Morgan fingerprint density at radius 2 is 2.07 bits per heavy atom. The monoisotopic (exact) mass is 429 g/mol. The Hall–Kier alpha value is -2.71. The highest BCUT2D eigenvalue weighted by molar-refractivity contribution is 8.00. The number of carbonyl (C=O) groups excluding carboxylic acids is 1. The number of ether oxygens (including phenoxy) is 1. The van der Waals surface area contributed by atoms with Gasteiger partial charge in [-0.25, -0.2) is 4.68 Å². The van der Waals surface area contributed by atoms with Crippen LogP contribution in [-0.4, -0.2) is 33.1 Å². The highest BCUT2D eigenvalue weighted by atomic mass is 35.5. The molecule has 2 heterocycles. The SMILES string of the molecule is CCc1nnc2n1N[C@@H](c1ccc(Cl)cc1)[C@@H](C(=O)Nc1cccc(OC)c1)S2. The molecule has 0 saturated carbocycles. The lowest BCUT2D eigenvalue weighted by Crippen LogP contribution is -2.41. The maximum Gasteiger partial charge on any atom is 0.240 e. The Morgan fingerprint density at radius 1 is 1.28 bits per heavy atom. The molecule has 1 aromatic heterocycles. The Morgan fingerprint density at radius 3 is 2.79 bits per heavy atom. The second kappa shape index (κ2) is 8.34. The number of nitrogens with one attached hydrogen (secondary N) is 2. The molecule has 3 aromatic rings. The Bertz CT molecular complexity index is 1020. The summed E-state index contributed by atoms with van der Waals surface area (Å²) in [6, 6.07) is 14.5. The minimum absolute atomic E-state index is 0.136. The van der Waals surface area contributed by atoms with E-state index < -0.39 is 5.25 Å². The third kappa shape index (κ3) is 4.04. The van der Waals surface area contributed by atoms with Gasteiger partial charge in [0.25, 0.3) is 0 Å². The second-order valence-corrected chi connectivity index (χ2v) is 8.05. The number of aromatic nitrogens is 3. The number of benzene rings is 2. The molecule has 1 aliphatic heterocycles. The van der Waals surface area contributed by atoms with E-state index in [4.69, 9.17) is 16.3 Å². The lowest BCUT2D eigenvalue weighted by atomic mass is 10.0. The third-order valence-corrected chi connectivity index (χ3v) is 6.11. The number of carbonyl (C=O) groups is 1. The van der Waals surface area contributed by atoms with Gasteiger partial charge in [0.2, 0.25) is 11.1 Å². The minimum atomic E-state index is -0.455. The molecule has 7 nitrogen and oxygen atoms in total. The van der Waals surface area contributed by atoms with Crippen LogP contribution in [0.2, 0.25) is 5.02 Å². The van der Waals surface area contributed by atoms with Crippen molar-refractivity contribution >= 4 is 35.0 Å². The van der Waals surface area contributed by atoms with E-state index in [1.54, 1.807) is 13.2 Å². The number of nitrogens with zero attached hydrogens (tertiary/aromatic N) is 3. The second-order valence-electron chi connectivity index (χ2n) is 6.51. The summed E-state index contributed by atoms with van der Waals surface area (Å²) in [7, 11) is 1.59. The zero-order chi connectivity index (χ0) is 20.4. The molecule has 1 amide bonds. The highest BCUT2D eigenvalue weighted by Gasteiger charge is 2.37. The van der Waals surface area contributed by atoms with Gasteiger partial charge in [0, 0.05) is 23.2 Å². The predicted molar refractivity (Wildman–Crippen MR) is 114 cm³/mol. The van der Waals surface area contributed by atoms with Crippen molar-refractivity contribution in [2.75, 3.05) is 17.9 Å². The van der Waals surface area contributed by atoms with Crippen LogP contribution in [0.25, 0.3) is 0 Å². The number of halogens is 1. The molecule has 0 bridgehead atoms. The molecule has 0 unspecified atom stereocenters. The van der Waals surface area contributed by atoms with Gasteiger partial charge in [-0.2, -0.15) is 0 Å². The molecule has 1 aliphatic rings. The number of aryl methyl sites for hydroxylation is 1. The van der Waals surface area contributed by atoms with Gasteiger partial charge >= 0.3 is 0 Å². The molecule has 29 heavy (non-hydrogen) atoms. The van der Waals surface area contributed by atoms with E-state index in [0.717, 1.165) is 17.8 Å². The predicted octanol–water partition coefficient (Wildman–Crippen LogP) is 3.90. The van der Waals surface area contributed by atoms with E-state index in [0.29, 0.717) is 21.6 Å². The summed E-state index contributed by atoms with van der Waals surface area (Å²) in [6.45, 7) is 2.02. The third-order valence-electron chi connectivity index (χ3n) is 4.64. The van der Waals surface area contributed by atoms with E-state index in [2.05, 4.69) is 20.9 Å². The van der Waals surface area contributed by atoms with Gasteiger partial charge < -0.3 is 15.5 Å². The summed E-state index contributed by atoms with van der Waals surface area (Å²) in [5.74, 6) is 1.36. The molecular formula is C20H20ClN5O2S. The first-order valence-electron chi connectivity index (χ1n) is 9.17. The Kier molecular flexibility index (Phi) is 5.64. The van der Waals surface area contributed by atoms with Gasteiger partial charge in [0.1, 0.15) is 11.0 Å². The average Bonchev–Trinajstić information content (AvgIpc) is 3.15. The number of hydrogen-bond acceptors (Lipinski definition) is 6. The van der Waals surface area contributed by atoms with Crippen LogP contribution in [0.15, 0.2) is 53.7 Å². The molecule has 2 aromatic carbocycles. The van der Waals surface area contributed by atoms with Crippen LogP contribution in [0, 0.1) is 0 Å². The van der Waals surface area contributed by atoms with Crippen LogP contribution >= 0.6 is 23.4 Å². The number of hydrogen-bond donors (Lipinski definition) is 2. The summed E-state index contributed by atoms with van der Waals surface area (Å²) in [5.41, 5.74) is 5.04. The van der Waals surface area contributed by atoms with Crippen molar-refractivity contribution in [3.05, 3.63) is 64.9 Å². The van der Waals surface area contributed by atoms with Crippen LogP contribution in [0.5, 0.6) is 5.75 Å². The standard InChI is InChI=1S/C20H20ClN5O2S/c1-3-16-23-24-20-26(16)25-17(12-7-9-13(21)10-8-12)18(29-20)19(27)22-14-5-4-6-15(11-14)28-2/h4-11,17-18,25H,3H2,1-2H3,(H,22,27)/t17-,18-/m0/s1. The molecule has 4 rings (SSSR count). The van der Waals surface area contributed by atoms with Crippen molar-refractivity contribution < 1.29 is 9.53 Å². The van der Waals surface area contributed by atoms with Gasteiger partial charge in [0.05, 0.1) is 13.2 Å². The van der Waals surface area contributed by atoms with E-state index in [-0.39, 0.29) is 11.9 Å². The fourth-order valence-corrected chi connectivity index (χ4v) is 4.39. The normalized spacial score (nSPS) is 17.9. The molecule has 0 saturated heterocycles. The molecule has 0 spiro atoms. The van der Waals surface area contributed by atoms with Crippen molar-refractivity contribution in [2.45, 2.75) is 29.8 Å². The first kappa shape index (κ1) is 19.6. The topological polar surface area (TPSA) is 81.1 Å². The Labute approximate surface area is 177 Å². The molecule has 2 N–H and O–H groups in total. The number of amides is 1. The highest BCUT2D eigenvalue weighted by Crippen LogP contribution is 2.38. The van der Waals surface area contributed by atoms with Gasteiger partial charge in [-0.15, -0.1) is 10.2 Å². The van der Waals surface area contributed by atoms with Gasteiger partial charge in [-0.3, -0.25) is 4.79 Å². The number of anilines is 1. The fourth-order valence-electron chi connectivity index (χ4n) is 3.16. The first-order chi connectivity index (χ1) is 14.1. The van der Waals surface area contributed by atoms with E-state index in [1.807, 2.05) is 54.1 Å². The number of fused-ring (bicyclic) bond motifs is 1. The molecule has 9 heteroatoms. The van der Waals surface area contributed by atoms with Gasteiger partial charge in [-0.05, 0) is 29.8 Å². The van der Waals surface area contributed by atoms with Gasteiger partial charge in [-0.1, -0.05) is 48.5 Å². The van der Waals surface area contributed by atoms with E-state index >= 15 is 0 Å². The summed E-state index contributed by atoms with van der Waals surface area (Å²) < 4.78 is 7.10. The quantitative estimate of drug-likeness (QED) is 0.640. The molecule has 150 valence electrons. The molecule has 0 fully saturated rings.